The first-order valence-corrected chi connectivity index (χ1v) is 6.74. The van der Waals surface area contributed by atoms with E-state index in [9.17, 15) is 0 Å². The molecule has 0 saturated carbocycles. The van der Waals surface area contributed by atoms with Gasteiger partial charge in [-0.15, -0.1) is 0 Å². The van der Waals surface area contributed by atoms with Crippen LogP contribution < -0.4 is 4.74 Å². The average Bonchev–Trinajstić information content (AvgIpc) is 2.68. The predicted molar refractivity (Wildman–Crippen MR) is 75.2 cm³/mol. The van der Waals surface area contributed by atoms with Crippen LogP contribution in [0.2, 0.25) is 0 Å². The quantitative estimate of drug-likeness (QED) is 0.841. The van der Waals surface area contributed by atoms with Gasteiger partial charge in [0, 0.05) is 37.6 Å². The van der Waals surface area contributed by atoms with Gasteiger partial charge in [-0.25, -0.2) is 0 Å². The Morgan fingerprint density at radius 2 is 1.95 bits per heavy atom. The van der Waals surface area contributed by atoms with Crippen molar-refractivity contribution in [2.45, 2.75) is 13.0 Å². The molecular weight excluding hydrogens is 236 g/mol. The molecule has 1 aromatic heterocycles. The Morgan fingerprint density at radius 1 is 1.11 bits per heavy atom. The Kier molecular flexibility index (Phi) is 3.75. The van der Waals surface area contributed by atoms with E-state index < -0.39 is 0 Å². The summed E-state index contributed by atoms with van der Waals surface area (Å²) in [5.74, 6) is 1.04. The van der Waals surface area contributed by atoms with Crippen LogP contribution in [0.5, 0.6) is 5.75 Å². The standard InChI is InChI=1S/C16H18N2O/c1-2-4-16-15(3-1)13-18(11-12-19-16)10-7-14-5-8-17-9-6-14/h1-6,8-9H,7,10-13H2. The number of fused-ring (bicyclic) bond motifs is 1. The van der Waals surface area contributed by atoms with Gasteiger partial charge in [-0.2, -0.15) is 0 Å². The second-order valence-corrected chi connectivity index (χ2v) is 4.84. The van der Waals surface area contributed by atoms with Crippen molar-refractivity contribution < 1.29 is 4.74 Å². The maximum atomic E-state index is 5.78. The van der Waals surface area contributed by atoms with Crippen molar-refractivity contribution >= 4 is 0 Å². The lowest BCUT2D eigenvalue weighted by atomic mass is 10.1. The summed E-state index contributed by atoms with van der Waals surface area (Å²) in [6, 6.07) is 12.5. The molecule has 19 heavy (non-hydrogen) atoms. The van der Waals surface area contributed by atoms with Crippen LogP contribution in [-0.2, 0) is 13.0 Å². The van der Waals surface area contributed by atoms with Crippen molar-refractivity contribution in [2.75, 3.05) is 19.7 Å². The molecule has 0 unspecified atom stereocenters. The van der Waals surface area contributed by atoms with Crippen molar-refractivity contribution in [3.63, 3.8) is 0 Å². The van der Waals surface area contributed by atoms with Gasteiger partial charge in [0.2, 0.25) is 0 Å². The van der Waals surface area contributed by atoms with Gasteiger partial charge in [-0.05, 0) is 30.2 Å². The van der Waals surface area contributed by atoms with E-state index in [4.69, 9.17) is 4.74 Å². The summed E-state index contributed by atoms with van der Waals surface area (Å²) in [5.41, 5.74) is 2.63. The molecule has 3 nitrogen and oxygen atoms in total. The third-order valence-corrected chi connectivity index (χ3v) is 3.50. The van der Waals surface area contributed by atoms with Gasteiger partial charge in [0.1, 0.15) is 12.4 Å². The summed E-state index contributed by atoms with van der Waals surface area (Å²) in [6.07, 6.45) is 4.77. The third-order valence-electron chi connectivity index (χ3n) is 3.50. The molecule has 0 amide bonds. The van der Waals surface area contributed by atoms with E-state index in [1.807, 2.05) is 18.5 Å². The summed E-state index contributed by atoms with van der Waals surface area (Å²) >= 11 is 0. The molecule has 0 atom stereocenters. The van der Waals surface area contributed by atoms with Gasteiger partial charge >= 0.3 is 0 Å². The highest BCUT2D eigenvalue weighted by atomic mass is 16.5. The number of benzene rings is 1. The first-order chi connectivity index (χ1) is 9.42. The smallest absolute Gasteiger partial charge is 0.123 e. The molecule has 0 bridgehead atoms. The molecule has 1 aliphatic rings. The summed E-state index contributed by atoms with van der Waals surface area (Å²) in [4.78, 5) is 6.50. The number of para-hydroxylation sites is 1. The van der Waals surface area contributed by atoms with Crippen LogP contribution in [0.3, 0.4) is 0 Å². The zero-order chi connectivity index (χ0) is 12.9. The number of hydrogen-bond acceptors (Lipinski definition) is 3. The van der Waals surface area contributed by atoms with E-state index in [0.717, 1.165) is 38.4 Å². The van der Waals surface area contributed by atoms with E-state index in [1.54, 1.807) is 0 Å². The van der Waals surface area contributed by atoms with Crippen LogP contribution in [0.4, 0.5) is 0 Å². The molecule has 3 rings (SSSR count). The molecule has 2 heterocycles. The van der Waals surface area contributed by atoms with Crippen LogP contribution in [0, 0.1) is 0 Å². The largest absolute Gasteiger partial charge is 0.492 e. The van der Waals surface area contributed by atoms with Crippen LogP contribution in [0.25, 0.3) is 0 Å². The first-order valence-electron chi connectivity index (χ1n) is 6.74. The highest BCUT2D eigenvalue weighted by molar-refractivity contribution is 5.33. The van der Waals surface area contributed by atoms with E-state index in [-0.39, 0.29) is 0 Å². The minimum Gasteiger partial charge on any atom is -0.492 e. The van der Waals surface area contributed by atoms with Gasteiger partial charge in [0.05, 0.1) is 0 Å². The fourth-order valence-electron chi connectivity index (χ4n) is 2.41. The minimum atomic E-state index is 0.771. The first kappa shape index (κ1) is 12.2. The van der Waals surface area contributed by atoms with E-state index >= 15 is 0 Å². The molecule has 1 aliphatic heterocycles. The average molecular weight is 254 g/mol. The Bertz CT molecular complexity index is 527. The van der Waals surface area contributed by atoms with Gasteiger partial charge in [0.25, 0.3) is 0 Å². The molecule has 3 heteroatoms. The van der Waals surface area contributed by atoms with Crippen molar-refractivity contribution in [3.05, 3.63) is 59.9 Å². The van der Waals surface area contributed by atoms with Crippen LogP contribution in [-0.4, -0.2) is 29.6 Å². The number of aromatic nitrogens is 1. The zero-order valence-corrected chi connectivity index (χ0v) is 11.0. The van der Waals surface area contributed by atoms with Crippen LogP contribution in [0.15, 0.2) is 48.8 Å². The molecule has 2 aromatic rings. The summed E-state index contributed by atoms with van der Waals surface area (Å²) in [6.45, 7) is 3.79. The SMILES string of the molecule is c1ccc2c(c1)CN(CCc1ccncc1)CCO2. The third kappa shape index (κ3) is 3.12. The summed E-state index contributed by atoms with van der Waals surface area (Å²) in [7, 11) is 0. The molecule has 0 aliphatic carbocycles. The molecule has 0 N–H and O–H groups in total. The summed E-state index contributed by atoms with van der Waals surface area (Å²) in [5, 5.41) is 0. The molecule has 0 fully saturated rings. The Morgan fingerprint density at radius 3 is 2.84 bits per heavy atom. The zero-order valence-electron chi connectivity index (χ0n) is 11.0. The number of nitrogens with zero attached hydrogens (tertiary/aromatic N) is 2. The van der Waals surface area contributed by atoms with Gasteiger partial charge in [0.15, 0.2) is 0 Å². The van der Waals surface area contributed by atoms with Crippen molar-refractivity contribution in [1.29, 1.82) is 0 Å². The molecule has 0 radical (unpaired) electrons. The number of rotatable bonds is 3. The molecule has 0 spiro atoms. The minimum absolute atomic E-state index is 0.771. The van der Waals surface area contributed by atoms with Crippen molar-refractivity contribution in [2.24, 2.45) is 0 Å². The van der Waals surface area contributed by atoms with Gasteiger partial charge < -0.3 is 4.74 Å². The van der Waals surface area contributed by atoms with Crippen LogP contribution in [0.1, 0.15) is 11.1 Å². The Labute approximate surface area is 113 Å². The van der Waals surface area contributed by atoms with Crippen LogP contribution >= 0.6 is 0 Å². The molecule has 0 saturated heterocycles. The van der Waals surface area contributed by atoms with Gasteiger partial charge in [-0.3, -0.25) is 9.88 Å². The second-order valence-electron chi connectivity index (χ2n) is 4.84. The number of hydrogen-bond donors (Lipinski definition) is 0. The predicted octanol–water partition coefficient (Wildman–Crippen LogP) is 2.52. The maximum Gasteiger partial charge on any atom is 0.123 e. The topological polar surface area (TPSA) is 25.4 Å². The van der Waals surface area contributed by atoms with E-state index in [0.29, 0.717) is 0 Å². The lowest BCUT2D eigenvalue weighted by Gasteiger charge is -2.19. The highest BCUT2D eigenvalue weighted by Crippen LogP contribution is 2.22. The van der Waals surface area contributed by atoms with Crippen molar-refractivity contribution in [3.8, 4) is 5.75 Å². The molecule has 1 aromatic carbocycles. The lowest BCUT2D eigenvalue weighted by molar-refractivity contribution is 0.228. The Balaban J connectivity index is 1.63. The van der Waals surface area contributed by atoms with E-state index in [2.05, 4.69) is 40.2 Å². The molecule has 98 valence electrons. The number of ether oxygens (including phenoxy) is 1. The highest BCUT2D eigenvalue weighted by Gasteiger charge is 2.14. The van der Waals surface area contributed by atoms with Gasteiger partial charge in [-0.1, -0.05) is 18.2 Å². The number of pyridine rings is 1. The fourth-order valence-corrected chi connectivity index (χ4v) is 2.41. The monoisotopic (exact) mass is 254 g/mol. The Hall–Kier alpha value is -1.87. The summed E-state index contributed by atoms with van der Waals surface area (Å²) < 4.78 is 5.78. The lowest BCUT2D eigenvalue weighted by Crippen LogP contribution is -2.27. The van der Waals surface area contributed by atoms with Crippen molar-refractivity contribution in [1.82, 2.24) is 9.88 Å². The second kappa shape index (κ2) is 5.85. The van der Waals surface area contributed by atoms with E-state index in [1.165, 1.54) is 11.1 Å². The fraction of sp³-hybridized carbons (Fsp3) is 0.312. The normalized spacial score (nSPS) is 15.4. The molecular formula is C16H18N2O. The maximum absolute atomic E-state index is 5.78.